The van der Waals surface area contributed by atoms with Crippen molar-refractivity contribution in [2.24, 2.45) is 0 Å². The van der Waals surface area contributed by atoms with Crippen molar-refractivity contribution >= 4 is 27.8 Å². The van der Waals surface area contributed by atoms with E-state index in [2.05, 4.69) is 26.1 Å². The number of rotatable bonds is 5. The van der Waals surface area contributed by atoms with E-state index >= 15 is 0 Å². The summed E-state index contributed by atoms with van der Waals surface area (Å²) in [4.78, 5) is 18.3. The molecule has 0 fully saturated rings. The maximum atomic E-state index is 12.3. The summed E-state index contributed by atoms with van der Waals surface area (Å²) in [6.07, 6.45) is 0. The molecule has 0 saturated heterocycles. The van der Waals surface area contributed by atoms with Crippen molar-refractivity contribution in [2.45, 2.75) is 12.8 Å². The Bertz CT molecular complexity index is 627. The molecule has 2 rings (SSSR count). The Balaban J connectivity index is 2.45. The van der Waals surface area contributed by atoms with Crippen LogP contribution in [0.3, 0.4) is 0 Å². The van der Waals surface area contributed by atoms with Gasteiger partial charge in [-0.3, -0.25) is 4.79 Å². The lowest BCUT2D eigenvalue weighted by molar-refractivity contribution is -0.144. The van der Waals surface area contributed by atoms with E-state index in [1.165, 1.54) is 0 Å². The number of carbonyl (C=O) groups excluding carboxylic acids is 1. The highest BCUT2D eigenvalue weighted by Crippen LogP contribution is 2.31. The van der Waals surface area contributed by atoms with Crippen LogP contribution in [0.2, 0.25) is 0 Å². The standard InChI is InChI=1S/C14H16BrN3O3/c1-4-20-13(19)11(9-7-5-6-8-10(9)15)12-16-14(17-21-12)18(2)3/h5-8,11H,4H2,1-3H3. The van der Waals surface area contributed by atoms with Gasteiger partial charge in [0, 0.05) is 18.6 Å². The van der Waals surface area contributed by atoms with Gasteiger partial charge in [-0.05, 0) is 23.7 Å². The van der Waals surface area contributed by atoms with E-state index in [0.717, 1.165) is 10.0 Å². The summed E-state index contributed by atoms with van der Waals surface area (Å²) < 4.78 is 11.2. The summed E-state index contributed by atoms with van der Waals surface area (Å²) in [7, 11) is 3.60. The van der Waals surface area contributed by atoms with Crippen LogP contribution in [0.25, 0.3) is 0 Å². The molecule has 0 aliphatic rings. The molecule has 21 heavy (non-hydrogen) atoms. The number of aromatic nitrogens is 2. The van der Waals surface area contributed by atoms with E-state index in [9.17, 15) is 4.79 Å². The van der Waals surface area contributed by atoms with E-state index in [1.54, 1.807) is 25.9 Å². The summed E-state index contributed by atoms with van der Waals surface area (Å²) in [5, 5.41) is 3.85. The highest BCUT2D eigenvalue weighted by molar-refractivity contribution is 9.10. The number of esters is 1. The van der Waals surface area contributed by atoms with Crippen LogP contribution in [0.5, 0.6) is 0 Å². The van der Waals surface area contributed by atoms with Gasteiger partial charge in [-0.15, -0.1) is 0 Å². The Morgan fingerprint density at radius 3 is 2.71 bits per heavy atom. The van der Waals surface area contributed by atoms with Crippen LogP contribution in [-0.4, -0.2) is 36.8 Å². The minimum absolute atomic E-state index is 0.212. The maximum Gasteiger partial charge on any atom is 0.323 e. The van der Waals surface area contributed by atoms with Gasteiger partial charge in [-0.1, -0.05) is 34.1 Å². The van der Waals surface area contributed by atoms with Gasteiger partial charge in [0.1, 0.15) is 0 Å². The Morgan fingerprint density at radius 2 is 2.14 bits per heavy atom. The van der Waals surface area contributed by atoms with Crippen LogP contribution in [0.4, 0.5) is 5.95 Å². The lowest BCUT2D eigenvalue weighted by atomic mass is 9.99. The Kier molecular flexibility index (Phi) is 4.95. The average Bonchev–Trinajstić information content (AvgIpc) is 2.91. The van der Waals surface area contributed by atoms with Crippen LogP contribution in [0.1, 0.15) is 24.3 Å². The smallest absolute Gasteiger partial charge is 0.323 e. The van der Waals surface area contributed by atoms with Gasteiger partial charge < -0.3 is 14.2 Å². The maximum absolute atomic E-state index is 12.3. The van der Waals surface area contributed by atoms with Crippen molar-refractivity contribution in [3.05, 3.63) is 40.2 Å². The Hall–Kier alpha value is -1.89. The number of anilines is 1. The van der Waals surface area contributed by atoms with Gasteiger partial charge in [-0.2, -0.15) is 4.98 Å². The first-order valence-corrected chi connectivity index (χ1v) is 7.25. The number of halogens is 1. The quantitative estimate of drug-likeness (QED) is 0.769. The van der Waals surface area contributed by atoms with Crippen LogP contribution in [0, 0.1) is 0 Å². The molecule has 0 aliphatic carbocycles. The van der Waals surface area contributed by atoms with E-state index in [4.69, 9.17) is 9.26 Å². The third-order valence-electron chi connectivity index (χ3n) is 2.82. The summed E-state index contributed by atoms with van der Waals surface area (Å²) in [6, 6.07) is 7.39. The van der Waals surface area contributed by atoms with Gasteiger partial charge in [0.05, 0.1) is 6.61 Å². The molecule has 0 aliphatic heterocycles. The average molecular weight is 354 g/mol. The molecule has 2 aromatic rings. The van der Waals surface area contributed by atoms with E-state index in [1.807, 2.05) is 24.3 Å². The van der Waals surface area contributed by atoms with Crippen molar-refractivity contribution in [1.29, 1.82) is 0 Å². The Labute approximate surface area is 131 Å². The van der Waals surface area contributed by atoms with Crippen LogP contribution in [-0.2, 0) is 9.53 Å². The van der Waals surface area contributed by atoms with Gasteiger partial charge >= 0.3 is 5.97 Å². The molecule has 1 unspecified atom stereocenters. The third kappa shape index (κ3) is 3.41. The van der Waals surface area contributed by atoms with E-state index in [0.29, 0.717) is 5.95 Å². The van der Waals surface area contributed by atoms with Crippen LogP contribution < -0.4 is 4.90 Å². The normalized spacial score (nSPS) is 12.0. The fraction of sp³-hybridized carbons (Fsp3) is 0.357. The molecule has 0 bridgehead atoms. The molecule has 1 atom stereocenters. The van der Waals surface area contributed by atoms with Crippen molar-refractivity contribution in [1.82, 2.24) is 10.1 Å². The molecule has 0 saturated carbocycles. The molecule has 7 heteroatoms. The molecule has 0 spiro atoms. The molecule has 1 aromatic carbocycles. The molecule has 0 N–H and O–H groups in total. The van der Waals surface area contributed by atoms with Gasteiger partial charge in [-0.25, -0.2) is 0 Å². The molecule has 0 amide bonds. The molecule has 1 aromatic heterocycles. The predicted octanol–water partition coefficient (Wildman–Crippen LogP) is 2.59. The van der Waals surface area contributed by atoms with E-state index in [-0.39, 0.29) is 12.5 Å². The second kappa shape index (κ2) is 6.71. The van der Waals surface area contributed by atoms with Gasteiger partial charge in [0.2, 0.25) is 5.89 Å². The zero-order valence-corrected chi connectivity index (χ0v) is 13.6. The summed E-state index contributed by atoms with van der Waals surface area (Å²) in [6.45, 7) is 2.04. The first kappa shape index (κ1) is 15.5. The lowest BCUT2D eigenvalue weighted by Gasteiger charge is -2.13. The largest absolute Gasteiger partial charge is 0.465 e. The monoisotopic (exact) mass is 353 g/mol. The second-order valence-electron chi connectivity index (χ2n) is 4.53. The third-order valence-corrected chi connectivity index (χ3v) is 3.54. The number of carbonyl (C=O) groups is 1. The molecule has 0 radical (unpaired) electrons. The summed E-state index contributed by atoms with van der Waals surface area (Å²) in [5.41, 5.74) is 0.727. The van der Waals surface area contributed by atoms with Gasteiger partial charge in [0.15, 0.2) is 5.92 Å². The number of hydrogen-bond acceptors (Lipinski definition) is 6. The summed E-state index contributed by atoms with van der Waals surface area (Å²) in [5.74, 6) is -0.546. The van der Waals surface area contributed by atoms with E-state index < -0.39 is 11.9 Å². The number of hydrogen-bond donors (Lipinski definition) is 0. The van der Waals surface area contributed by atoms with Crippen LogP contribution >= 0.6 is 15.9 Å². The van der Waals surface area contributed by atoms with Crippen molar-refractivity contribution < 1.29 is 14.1 Å². The van der Waals surface area contributed by atoms with Crippen molar-refractivity contribution in [3.8, 4) is 0 Å². The highest BCUT2D eigenvalue weighted by atomic mass is 79.9. The Morgan fingerprint density at radius 1 is 1.43 bits per heavy atom. The van der Waals surface area contributed by atoms with Crippen molar-refractivity contribution in [3.63, 3.8) is 0 Å². The zero-order valence-electron chi connectivity index (χ0n) is 12.0. The topological polar surface area (TPSA) is 68.5 Å². The molecule has 112 valence electrons. The minimum atomic E-state index is -0.748. The SMILES string of the molecule is CCOC(=O)C(c1nc(N(C)C)no1)c1ccccc1Br. The van der Waals surface area contributed by atoms with Crippen molar-refractivity contribution in [2.75, 3.05) is 25.6 Å². The van der Waals surface area contributed by atoms with Gasteiger partial charge in [0.25, 0.3) is 5.95 Å². The summed E-state index contributed by atoms with van der Waals surface area (Å²) >= 11 is 3.44. The lowest BCUT2D eigenvalue weighted by Crippen LogP contribution is -2.18. The second-order valence-corrected chi connectivity index (χ2v) is 5.39. The molecular formula is C14H16BrN3O3. The first-order chi connectivity index (χ1) is 10.0. The zero-order chi connectivity index (χ0) is 15.4. The molecular weight excluding hydrogens is 338 g/mol. The fourth-order valence-electron chi connectivity index (χ4n) is 1.82. The number of benzene rings is 1. The predicted molar refractivity (Wildman–Crippen MR) is 81.2 cm³/mol. The molecule has 6 nitrogen and oxygen atoms in total. The highest BCUT2D eigenvalue weighted by Gasteiger charge is 2.31. The number of ether oxygens (including phenoxy) is 1. The molecule has 1 heterocycles. The minimum Gasteiger partial charge on any atom is -0.465 e. The van der Waals surface area contributed by atoms with Crippen LogP contribution in [0.15, 0.2) is 33.3 Å². The first-order valence-electron chi connectivity index (χ1n) is 6.46. The number of nitrogens with zero attached hydrogens (tertiary/aromatic N) is 3. The fourth-order valence-corrected chi connectivity index (χ4v) is 2.34.